The molecule has 0 saturated heterocycles. The van der Waals surface area contributed by atoms with Gasteiger partial charge in [-0.05, 0) is 30.7 Å². The van der Waals surface area contributed by atoms with Crippen molar-refractivity contribution in [2.24, 2.45) is 7.05 Å². The van der Waals surface area contributed by atoms with E-state index in [4.69, 9.17) is 10.00 Å². The molecule has 6 heteroatoms. The van der Waals surface area contributed by atoms with Crippen molar-refractivity contribution in [2.75, 3.05) is 11.9 Å². The number of nitrogens with one attached hydrogen (secondary N) is 1. The van der Waals surface area contributed by atoms with Gasteiger partial charge in [0.2, 0.25) is 0 Å². The lowest BCUT2D eigenvalue weighted by atomic mass is 10.2. The first-order chi connectivity index (χ1) is 12.2. The molecular formula is C19H18N4O2. The van der Waals surface area contributed by atoms with Gasteiger partial charge in [-0.25, -0.2) is 4.98 Å². The fourth-order valence-electron chi connectivity index (χ4n) is 2.61. The van der Waals surface area contributed by atoms with Crippen LogP contribution in [0.4, 0.5) is 5.82 Å². The van der Waals surface area contributed by atoms with E-state index in [1.165, 1.54) is 0 Å². The average molecular weight is 334 g/mol. The number of nitriles is 1. The molecule has 2 heterocycles. The molecule has 1 aromatic carbocycles. The van der Waals surface area contributed by atoms with Crippen LogP contribution in [0.2, 0.25) is 0 Å². The van der Waals surface area contributed by atoms with E-state index in [2.05, 4.69) is 16.4 Å². The third-order valence-electron chi connectivity index (χ3n) is 3.88. The van der Waals surface area contributed by atoms with Crippen LogP contribution in [0.15, 0.2) is 48.7 Å². The molecule has 0 aliphatic carbocycles. The van der Waals surface area contributed by atoms with E-state index in [-0.39, 0.29) is 5.91 Å². The topological polar surface area (TPSA) is 79.9 Å². The summed E-state index contributed by atoms with van der Waals surface area (Å²) in [7, 11) is 1.86. The minimum atomic E-state index is -0.251. The van der Waals surface area contributed by atoms with Crippen LogP contribution in [0.25, 0.3) is 10.9 Å². The molecule has 126 valence electrons. The zero-order valence-corrected chi connectivity index (χ0v) is 13.9. The van der Waals surface area contributed by atoms with Gasteiger partial charge in [-0.2, -0.15) is 5.26 Å². The number of nitrogens with zero attached hydrogens (tertiary/aromatic N) is 3. The standard InChI is InChI=1S/C19H18N4O2/c1-23-15-8-3-2-7-14(15)13-16(23)19(24)22-18-17(9-6-11-21-18)25-12-5-4-10-20/h2-3,6-9,11,13H,4-5,12H2,1H3,(H,21,22,24). The Hall–Kier alpha value is -3.33. The molecule has 0 spiro atoms. The van der Waals surface area contributed by atoms with E-state index in [0.29, 0.717) is 36.7 Å². The van der Waals surface area contributed by atoms with Crippen molar-refractivity contribution in [2.45, 2.75) is 12.8 Å². The summed E-state index contributed by atoms with van der Waals surface area (Å²) in [6, 6.07) is 15.2. The van der Waals surface area contributed by atoms with Crippen molar-refractivity contribution in [3.05, 3.63) is 54.4 Å². The summed E-state index contributed by atoms with van der Waals surface area (Å²) in [5.74, 6) is 0.613. The summed E-state index contributed by atoms with van der Waals surface area (Å²) in [5.41, 5.74) is 1.53. The highest BCUT2D eigenvalue weighted by molar-refractivity contribution is 6.06. The molecule has 0 atom stereocenters. The Morgan fingerprint density at radius 1 is 1.32 bits per heavy atom. The number of aryl methyl sites for hydroxylation is 1. The Kier molecular flexibility index (Phi) is 4.95. The van der Waals surface area contributed by atoms with E-state index < -0.39 is 0 Å². The van der Waals surface area contributed by atoms with Gasteiger partial charge in [-0.1, -0.05) is 18.2 Å². The van der Waals surface area contributed by atoms with Crippen molar-refractivity contribution < 1.29 is 9.53 Å². The lowest BCUT2D eigenvalue weighted by molar-refractivity contribution is 0.101. The van der Waals surface area contributed by atoms with E-state index in [9.17, 15) is 4.79 Å². The number of unbranched alkanes of at least 4 members (excludes halogenated alkanes) is 1. The predicted octanol–water partition coefficient (Wildman–Crippen LogP) is 3.51. The summed E-state index contributed by atoms with van der Waals surface area (Å²) in [6.45, 7) is 0.399. The van der Waals surface area contributed by atoms with Gasteiger partial charge in [0, 0.05) is 30.6 Å². The van der Waals surface area contributed by atoms with Gasteiger partial charge in [0.15, 0.2) is 11.6 Å². The lowest BCUT2D eigenvalue weighted by Crippen LogP contribution is -2.17. The zero-order valence-electron chi connectivity index (χ0n) is 13.9. The SMILES string of the molecule is Cn1c(C(=O)Nc2ncccc2OCCCC#N)cc2ccccc21. The number of fused-ring (bicyclic) bond motifs is 1. The Bertz CT molecular complexity index is 940. The first-order valence-corrected chi connectivity index (χ1v) is 8.01. The molecule has 6 nitrogen and oxygen atoms in total. The normalized spacial score (nSPS) is 10.4. The number of rotatable bonds is 6. The predicted molar refractivity (Wildman–Crippen MR) is 95.5 cm³/mol. The van der Waals surface area contributed by atoms with Crippen LogP contribution in [0.3, 0.4) is 0 Å². The third kappa shape index (κ3) is 3.61. The van der Waals surface area contributed by atoms with Gasteiger partial charge in [-0.15, -0.1) is 0 Å². The highest BCUT2D eigenvalue weighted by Crippen LogP contribution is 2.23. The summed E-state index contributed by atoms with van der Waals surface area (Å²) >= 11 is 0. The molecular weight excluding hydrogens is 316 g/mol. The van der Waals surface area contributed by atoms with E-state index in [1.54, 1.807) is 18.3 Å². The van der Waals surface area contributed by atoms with E-state index >= 15 is 0 Å². The number of para-hydroxylation sites is 1. The number of aromatic nitrogens is 2. The van der Waals surface area contributed by atoms with Crippen LogP contribution in [-0.4, -0.2) is 22.1 Å². The quantitative estimate of drug-likeness (QED) is 0.700. The maximum absolute atomic E-state index is 12.7. The molecule has 1 amide bonds. The van der Waals surface area contributed by atoms with Crippen LogP contribution in [0.1, 0.15) is 23.3 Å². The molecule has 1 N–H and O–H groups in total. The highest BCUT2D eigenvalue weighted by Gasteiger charge is 2.15. The average Bonchev–Trinajstić information content (AvgIpc) is 2.97. The van der Waals surface area contributed by atoms with Gasteiger partial charge >= 0.3 is 0 Å². The smallest absolute Gasteiger partial charge is 0.273 e. The molecule has 25 heavy (non-hydrogen) atoms. The molecule has 3 aromatic rings. The van der Waals surface area contributed by atoms with E-state index in [0.717, 1.165) is 10.9 Å². The van der Waals surface area contributed by atoms with Gasteiger partial charge < -0.3 is 14.6 Å². The van der Waals surface area contributed by atoms with Crippen LogP contribution >= 0.6 is 0 Å². The van der Waals surface area contributed by atoms with Gasteiger partial charge in [-0.3, -0.25) is 4.79 Å². The minimum Gasteiger partial charge on any atom is -0.490 e. The lowest BCUT2D eigenvalue weighted by Gasteiger charge is -2.11. The maximum atomic E-state index is 12.7. The number of hydrogen-bond donors (Lipinski definition) is 1. The number of carbonyl (C=O) groups is 1. The minimum absolute atomic E-state index is 0.251. The third-order valence-corrected chi connectivity index (χ3v) is 3.88. The number of hydrogen-bond acceptors (Lipinski definition) is 4. The molecule has 0 aliphatic heterocycles. The summed E-state index contributed by atoms with van der Waals surface area (Å²) in [6.07, 6.45) is 2.65. The first-order valence-electron chi connectivity index (χ1n) is 8.01. The molecule has 0 aliphatic rings. The number of anilines is 1. The number of pyridine rings is 1. The summed E-state index contributed by atoms with van der Waals surface area (Å²) < 4.78 is 7.48. The zero-order chi connectivity index (χ0) is 17.6. The van der Waals surface area contributed by atoms with Crippen molar-refractivity contribution in [1.82, 2.24) is 9.55 Å². The Morgan fingerprint density at radius 2 is 2.16 bits per heavy atom. The fraction of sp³-hybridized carbons (Fsp3) is 0.211. The molecule has 2 aromatic heterocycles. The summed E-state index contributed by atoms with van der Waals surface area (Å²) in [5, 5.41) is 12.4. The van der Waals surface area contributed by atoms with E-state index in [1.807, 2.05) is 41.9 Å². The highest BCUT2D eigenvalue weighted by atomic mass is 16.5. The fourth-order valence-corrected chi connectivity index (χ4v) is 2.61. The van der Waals surface area contributed by atoms with Crippen LogP contribution in [0, 0.1) is 11.3 Å². The van der Waals surface area contributed by atoms with Gasteiger partial charge in [0.25, 0.3) is 5.91 Å². The molecule has 0 unspecified atom stereocenters. The monoisotopic (exact) mass is 334 g/mol. The molecule has 3 rings (SSSR count). The van der Waals surface area contributed by atoms with Crippen molar-refractivity contribution in [3.8, 4) is 11.8 Å². The molecule has 0 radical (unpaired) electrons. The van der Waals surface area contributed by atoms with Crippen molar-refractivity contribution >= 4 is 22.6 Å². The number of benzene rings is 1. The number of carbonyl (C=O) groups excluding carboxylic acids is 1. The second-order valence-electron chi connectivity index (χ2n) is 5.56. The van der Waals surface area contributed by atoms with Crippen LogP contribution < -0.4 is 10.1 Å². The van der Waals surface area contributed by atoms with Crippen molar-refractivity contribution in [3.63, 3.8) is 0 Å². The van der Waals surface area contributed by atoms with Gasteiger partial charge in [0.05, 0.1) is 12.7 Å². The molecule has 0 bridgehead atoms. The maximum Gasteiger partial charge on any atom is 0.273 e. The molecule has 0 fully saturated rings. The Balaban J connectivity index is 1.78. The van der Waals surface area contributed by atoms with Gasteiger partial charge in [0.1, 0.15) is 5.69 Å². The Labute approximate surface area is 145 Å². The number of amides is 1. The molecule has 0 saturated carbocycles. The number of ether oxygens (including phenoxy) is 1. The van der Waals surface area contributed by atoms with Crippen molar-refractivity contribution in [1.29, 1.82) is 5.26 Å². The second kappa shape index (κ2) is 7.49. The largest absolute Gasteiger partial charge is 0.490 e. The van der Waals surface area contributed by atoms with Crippen LogP contribution in [-0.2, 0) is 7.05 Å². The second-order valence-corrected chi connectivity index (χ2v) is 5.56. The Morgan fingerprint density at radius 3 is 2.96 bits per heavy atom. The van der Waals surface area contributed by atoms with Crippen LogP contribution in [0.5, 0.6) is 5.75 Å². The summed E-state index contributed by atoms with van der Waals surface area (Å²) in [4.78, 5) is 16.9. The first kappa shape index (κ1) is 16.5.